The molecule has 1 aliphatic carbocycles. The molecule has 0 aromatic heterocycles. The maximum absolute atomic E-state index is 3.59. The Hall–Kier alpha value is -0.0800. The van der Waals surface area contributed by atoms with Crippen molar-refractivity contribution in [2.45, 2.75) is 77.8 Å². The lowest BCUT2D eigenvalue weighted by Crippen LogP contribution is -2.52. The minimum absolute atomic E-state index is 0.566. The van der Waals surface area contributed by atoms with E-state index in [0.717, 1.165) is 12.1 Å². The highest BCUT2D eigenvalue weighted by Crippen LogP contribution is 2.38. The van der Waals surface area contributed by atoms with Gasteiger partial charge >= 0.3 is 0 Å². The fourth-order valence-electron chi connectivity index (χ4n) is 3.98. The minimum atomic E-state index is 0.566. The zero-order valence-electron chi connectivity index (χ0n) is 12.7. The van der Waals surface area contributed by atoms with Gasteiger partial charge in [0.05, 0.1) is 0 Å². The Bertz CT molecular complexity index is 243. The van der Waals surface area contributed by atoms with Crippen LogP contribution in [-0.2, 0) is 0 Å². The fraction of sp³-hybridized carbons (Fsp3) is 1.00. The number of piperidine rings is 1. The van der Waals surface area contributed by atoms with E-state index in [4.69, 9.17) is 0 Å². The fourth-order valence-corrected chi connectivity index (χ4v) is 3.98. The summed E-state index contributed by atoms with van der Waals surface area (Å²) in [5.74, 6) is 0. The van der Waals surface area contributed by atoms with E-state index in [2.05, 4.69) is 31.0 Å². The summed E-state index contributed by atoms with van der Waals surface area (Å²) in [4.78, 5) is 2.85. The second kappa shape index (κ2) is 6.38. The molecule has 1 saturated heterocycles. The van der Waals surface area contributed by atoms with E-state index in [9.17, 15) is 0 Å². The molecule has 2 rings (SSSR count). The third-order valence-electron chi connectivity index (χ3n) is 4.87. The molecule has 2 aliphatic rings. The summed E-state index contributed by atoms with van der Waals surface area (Å²) >= 11 is 0. The first-order valence-electron chi connectivity index (χ1n) is 8.09. The molecule has 106 valence electrons. The van der Waals surface area contributed by atoms with Crippen LogP contribution in [0.3, 0.4) is 0 Å². The molecule has 2 unspecified atom stereocenters. The van der Waals surface area contributed by atoms with Gasteiger partial charge in [-0.15, -0.1) is 0 Å². The highest BCUT2D eigenvalue weighted by molar-refractivity contribution is 4.89. The smallest absolute Gasteiger partial charge is 0.0224 e. The van der Waals surface area contributed by atoms with Crippen LogP contribution < -0.4 is 5.32 Å². The van der Waals surface area contributed by atoms with Crippen LogP contribution in [0.5, 0.6) is 0 Å². The summed E-state index contributed by atoms with van der Waals surface area (Å²) in [6, 6.07) is 1.65. The Morgan fingerprint density at radius 3 is 2.56 bits per heavy atom. The lowest BCUT2D eigenvalue weighted by Gasteiger charge is -2.45. The van der Waals surface area contributed by atoms with Crippen molar-refractivity contribution < 1.29 is 0 Å². The normalized spacial score (nSPS) is 32.7. The molecular formula is C16H32N2. The Kier molecular flexibility index (Phi) is 5.08. The average molecular weight is 252 g/mol. The van der Waals surface area contributed by atoms with Gasteiger partial charge in [0.25, 0.3) is 0 Å². The van der Waals surface area contributed by atoms with Crippen molar-refractivity contribution in [3.8, 4) is 0 Å². The van der Waals surface area contributed by atoms with Gasteiger partial charge in [-0.25, -0.2) is 0 Å². The van der Waals surface area contributed by atoms with Crippen LogP contribution in [0.1, 0.15) is 65.7 Å². The van der Waals surface area contributed by atoms with Crippen LogP contribution in [-0.4, -0.2) is 36.6 Å². The summed E-state index contributed by atoms with van der Waals surface area (Å²) in [7, 11) is 0. The van der Waals surface area contributed by atoms with Crippen LogP contribution >= 0.6 is 0 Å². The standard InChI is InChI=1S/C16H32N2/c1-4-11-18(15-8-6-10-17-13-15)14-7-5-9-16(2,3)12-14/h14-15,17H,4-13H2,1-3H3. The molecule has 1 N–H and O–H groups in total. The largest absolute Gasteiger partial charge is 0.315 e. The third-order valence-corrected chi connectivity index (χ3v) is 4.87. The van der Waals surface area contributed by atoms with E-state index < -0.39 is 0 Å². The predicted molar refractivity (Wildman–Crippen MR) is 78.9 cm³/mol. The van der Waals surface area contributed by atoms with Gasteiger partial charge in [0.2, 0.25) is 0 Å². The van der Waals surface area contributed by atoms with Crippen LogP contribution in [0.2, 0.25) is 0 Å². The summed E-state index contributed by atoms with van der Waals surface area (Å²) < 4.78 is 0. The van der Waals surface area contributed by atoms with Gasteiger partial charge in [0.15, 0.2) is 0 Å². The number of nitrogens with one attached hydrogen (secondary N) is 1. The monoisotopic (exact) mass is 252 g/mol. The van der Waals surface area contributed by atoms with Crippen molar-refractivity contribution in [2.75, 3.05) is 19.6 Å². The molecule has 1 saturated carbocycles. The minimum Gasteiger partial charge on any atom is -0.315 e. The lowest BCUT2D eigenvalue weighted by atomic mass is 9.74. The van der Waals surface area contributed by atoms with Gasteiger partial charge in [0, 0.05) is 18.6 Å². The zero-order valence-corrected chi connectivity index (χ0v) is 12.7. The molecule has 2 nitrogen and oxygen atoms in total. The van der Waals surface area contributed by atoms with E-state index in [-0.39, 0.29) is 0 Å². The zero-order chi connectivity index (χ0) is 13.0. The molecule has 1 heterocycles. The molecule has 0 amide bonds. The number of hydrogen-bond donors (Lipinski definition) is 1. The van der Waals surface area contributed by atoms with Crippen LogP contribution in [0, 0.1) is 5.41 Å². The van der Waals surface area contributed by atoms with E-state index in [1.165, 1.54) is 64.6 Å². The molecule has 0 aromatic carbocycles. The highest BCUT2D eigenvalue weighted by Gasteiger charge is 2.34. The van der Waals surface area contributed by atoms with Gasteiger partial charge < -0.3 is 5.32 Å². The summed E-state index contributed by atoms with van der Waals surface area (Å²) in [5.41, 5.74) is 0.566. The molecule has 0 radical (unpaired) electrons. The summed E-state index contributed by atoms with van der Waals surface area (Å²) in [6.45, 7) is 11.0. The van der Waals surface area contributed by atoms with Crippen LogP contribution in [0.25, 0.3) is 0 Å². The van der Waals surface area contributed by atoms with E-state index >= 15 is 0 Å². The maximum atomic E-state index is 3.59. The second-order valence-corrected chi connectivity index (χ2v) is 7.15. The molecular weight excluding hydrogens is 220 g/mol. The first-order chi connectivity index (χ1) is 8.62. The molecule has 2 fully saturated rings. The molecule has 0 aromatic rings. The number of rotatable bonds is 4. The lowest BCUT2D eigenvalue weighted by molar-refractivity contribution is 0.0504. The SMILES string of the molecule is CCCN(C1CCCNC1)C1CCCC(C)(C)C1. The Morgan fingerprint density at radius 2 is 1.94 bits per heavy atom. The van der Waals surface area contributed by atoms with Crippen molar-refractivity contribution in [2.24, 2.45) is 5.41 Å². The number of nitrogens with zero attached hydrogens (tertiary/aromatic N) is 1. The summed E-state index contributed by atoms with van der Waals surface area (Å²) in [6.07, 6.45) is 9.76. The predicted octanol–water partition coefficient (Wildman–Crippen LogP) is 3.42. The quantitative estimate of drug-likeness (QED) is 0.825. The Balaban J connectivity index is 1.99. The molecule has 1 aliphatic heterocycles. The van der Waals surface area contributed by atoms with Crippen molar-refractivity contribution >= 4 is 0 Å². The first kappa shape index (κ1) is 14.3. The van der Waals surface area contributed by atoms with Gasteiger partial charge in [-0.3, -0.25) is 4.90 Å². The third kappa shape index (κ3) is 3.71. The van der Waals surface area contributed by atoms with Gasteiger partial charge in [-0.2, -0.15) is 0 Å². The van der Waals surface area contributed by atoms with Crippen molar-refractivity contribution in [1.82, 2.24) is 10.2 Å². The average Bonchev–Trinajstić information content (AvgIpc) is 2.36. The van der Waals surface area contributed by atoms with E-state index in [0.29, 0.717) is 5.41 Å². The number of hydrogen-bond acceptors (Lipinski definition) is 2. The Labute approximate surface area is 114 Å². The van der Waals surface area contributed by atoms with Gasteiger partial charge in [0.1, 0.15) is 0 Å². The molecule has 0 bridgehead atoms. The van der Waals surface area contributed by atoms with E-state index in [1.807, 2.05) is 0 Å². The summed E-state index contributed by atoms with van der Waals surface area (Å²) in [5, 5.41) is 3.59. The topological polar surface area (TPSA) is 15.3 Å². The maximum Gasteiger partial charge on any atom is 0.0224 e. The van der Waals surface area contributed by atoms with Crippen molar-refractivity contribution in [3.63, 3.8) is 0 Å². The van der Waals surface area contributed by atoms with Gasteiger partial charge in [-0.1, -0.05) is 27.2 Å². The second-order valence-electron chi connectivity index (χ2n) is 7.15. The van der Waals surface area contributed by atoms with Crippen molar-refractivity contribution in [1.29, 1.82) is 0 Å². The molecule has 0 spiro atoms. The first-order valence-corrected chi connectivity index (χ1v) is 8.09. The molecule has 18 heavy (non-hydrogen) atoms. The highest BCUT2D eigenvalue weighted by atomic mass is 15.2. The van der Waals surface area contributed by atoms with Crippen LogP contribution in [0.4, 0.5) is 0 Å². The van der Waals surface area contributed by atoms with Gasteiger partial charge in [-0.05, 0) is 57.0 Å². The van der Waals surface area contributed by atoms with Crippen molar-refractivity contribution in [3.05, 3.63) is 0 Å². The molecule has 2 atom stereocenters. The Morgan fingerprint density at radius 1 is 1.17 bits per heavy atom. The van der Waals surface area contributed by atoms with E-state index in [1.54, 1.807) is 0 Å². The molecule has 2 heteroatoms. The van der Waals surface area contributed by atoms with Crippen LogP contribution in [0.15, 0.2) is 0 Å².